The van der Waals surface area contributed by atoms with Crippen molar-refractivity contribution in [3.05, 3.63) is 53.1 Å². The summed E-state index contributed by atoms with van der Waals surface area (Å²) in [5.74, 6) is 1.01. The van der Waals surface area contributed by atoms with Crippen molar-refractivity contribution in [3.63, 3.8) is 0 Å². The molecule has 7 nitrogen and oxygen atoms in total. The van der Waals surface area contributed by atoms with Gasteiger partial charge in [0, 0.05) is 12.1 Å². The van der Waals surface area contributed by atoms with Crippen molar-refractivity contribution >= 4 is 21.6 Å². The number of amides is 1. The van der Waals surface area contributed by atoms with Gasteiger partial charge in [-0.3, -0.25) is 9.10 Å². The molecule has 1 heterocycles. The molecule has 1 aliphatic rings. The summed E-state index contributed by atoms with van der Waals surface area (Å²) in [6.07, 6.45) is 2.68. The summed E-state index contributed by atoms with van der Waals surface area (Å²) in [6.45, 7) is 2.36. The van der Waals surface area contributed by atoms with Gasteiger partial charge in [0.05, 0.1) is 32.2 Å². The highest BCUT2D eigenvalue weighted by molar-refractivity contribution is 7.92. The van der Waals surface area contributed by atoms with Crippen molar-refractivity contribution in [3.8, 4) is 11.5 Å². The fourth-order valence-electron chi connectivity index (χ4n) is 3.53. The molecular formula is C21H26N2O5S. The normalized spacial score (nSPS) is 14.7. The van der Waals surface area contributed by atoms with Gasteiger partial charge in [0.1, 0.15) is 0 Å². The second-order valence-corrected chi connectivity index (χ2v) is 9.00. The molecule has 2 aromatic carbocycles. The number of anilines is 1. The van der Waals surface area contributed by atoms with E-state index < -0.39 is 10.0 Å². The molecule has 156 valence electrons. The number of carbonyl (C=O) groups is 1. The lowest BCUT2D eigenvalue weighted by molar-refractivity contribution is 0.0939. The minimum atomic E-state index is -3.33. The van der Waals surface area contributed by atoms with Gasteiger partial charge in [-0.05, 0) is 61.2 Å². The summed E-state index contributed by atoms with van der Waals surface area (Å²) in [5.41, 5.74) is 2.92. The van der Waals surface area contributed by atoms with Gasteiger partial charge < -0.3 is 14.8 Å². The number of fused-ring (bicyclic) bond motifs is 1. The molecule has 0 saturated heterocycles. The first-order chi connectivity index (χ1) is 13.7. The van der Waals surface area contributed by atoms with E-state index in [-0.39, 0.29) is 11.9 Å². The van der Waals surface area contributed by atoms with Crippen LogP contribution in [0.15, 0.2) is 36.4 Å². The van der Waals surface area contributed by atoms with Gasteiger partial charge in [-0.25, -0.2) is 8.42 Å². The van der Waals surface area contributed by atoms with Gasteiger partial charge in [-0.15, -0.1) is 0 Å². The first kappa shape index (κ1) is 21.0. The smallest absolute Gasteiger partial charge is 0.251 e. The second kappa shape index (κ2) is 8.32. The number of sulfonamides is 1. The Bertz CT molecular complexity index is 1020. The van der Waals surface area contributed by atoms with Crippen LogP contribution in [-0.2, 0) is 16.4 Å². The van der Waals surface area contributed by atoms with Crippen molar-refractivity contribution in [1.82, 2.24) is 5.32 Å². The van der Waals surface area contributed by atoms with E-state index in [9.17, 15) is 13.2 Å². The Kier molecular flexibility index (Phi) is 6.02. The lowest BCUT2D eigenvalue weighted by Gasteiger charge is -2.29. The maximum atomic E-state index is 12.8. The van der Waals surface area contributed by atoms with Crippen molar-refractivity contribution in [2.24, 2.45) is 0 Å². The van der Waals surface area contributed by atoms with E-state index in [0.29, 0.717) is 29.3 Å². The van der Waals surface area contributed by atoms with Crippen LogP contribution >= 0.6 is 0 Å². The number of carbonyl (C=O) groups excluding carboxylic acids is 1. The minimum Gasteiger partial charge on any atom is -0.493 e. The average Bonchev–Trinajstić information content (AvgIpc) is 2.71. The van der Waals surface area contributed by atoms with Crippen LogP contribution in [0, 0.1) is 0 Å². The summed E-state index contributed by atoms with van der Waals surface area (Å²) in [4.78, 5) is 12.8. The van der Waals surface area contributed by atoms with E-state index in [4.69, 9.17) is 9.47 Å². The highest BCUT2D eigenvalue weighted by atomic mass is 32.2. The average molecular weight is 419 g/mol. The van der Waals surface area contributed by atoms with Crippen molar-refractivity contribution in [2.45, 2.75) is 25.8 Å². The van der Waals surface area contributed by atoms with Crippen LogP contribution in [0.2, 0.25) is 0 Å². The number of hydrogen-bond acceptors (Lipinski definition) is 5. The highest BCUT2D eigenvalue weighted by Crippen LogP contribution is 2.31. The molecule has 3 rings (SSSR count). The predicted octanol–water partition coefficient (Wildman–Crippen LogP) is 2.91. The highest BCUT2D eigenvalue weighted by Gasteiger charge is 2.25. The third kappa shape index (κ3) is 4.48. The number of benzene rings is 2. The first-order valence-electron chi connectivity index (χ1n) is 9.38. The first-order valence-corrected chi connectivity index (χ1v) is 11.2. The number of aryl methyl sites for hydroxylation is 1. The molecule has 2 aromatic rings. The van der Waals surface area contributed by atoms with Gasteiger partial charge in [-0.2, -0.15) is 0 Å². The molecule has 0 unspecified atom stereocenters. The lowest BCUT2D eigenvalue weighted by atomic mass is 10.00. The van der Waals surface area contributed by atoms with Gasteiger partial charge in [-0.1, -0.05) is 6.07 Å². The lowest BCUT2D eigenvalue weighted by Crippen LogP contribution is -2.35. The van der Waals surface area contributed by atoms with Crippen molar-refractivity contribution in [2.75, 3.05) is 31.3 Å². The second-order valence-electron chi connectivity index (χ2n) is 7.09. The molecule has 1 amide bonds. The number of ether oxygens (including phenoxy) is 2. The number of rotatable bonds is 6. The Morgan fingerprint density at radius 1 is 1.10 bits per heavy atom. The molecule has 8 heteroatoms. The Morgan fingerprint density at radius 3 is 2.48 bits per heavy atom. The summed E-state index contributed by atoms with van der Waals surface area (Å²) in [7, 11) is -0.189. The molecule has 1 aliphatic heterocycles. The summed E-state index contributed by atoms with van der Waals surface area (Å²) in [6, 6.07) is 10.4. The molecule has 29 heavy (non-hydrogen) atoms. The minimum absolute atomic E-state index is 0.216. The standard InChI is InChI=1S/C21H26N2O5S/c1-14(15-8-10-19(27-2)20(13-15)28-3)22-21(24)17-7-9-18-16(12-17)6-5-11-23(18)29(4,25)26/h7-10,12-14H,5-6,11H2,1-4H3,(H,22,24)/t14-/m1/s1. The third-order valence-corrected chi connectivity index (χ3v) is 6.25. The zero-order valence-electron chi connectivity index (χ0n) is 17.1. The monoisotopic (exact) mass is 418 g/mol. The Morgan fingerprint density at radius 2 is 1.83 bits per heavy atom. The van der Waals surface area contributed by atoms with E-state index in [1.807, 2.05) is 19.1 Å². The fraction of sp³-hybridized carbons (Fsp3) is 0.381. The van der Waals surface area contributed by atoms with Crippen LogP contribution in [0.1, 0.15) is 40.9 Å². The summed E-state index contributed by atoms with van der Waals surface area (Å²) >= 11 is 0. The molecule has 0 saturated carbocycles. The summed E-state index contributed by atoms with van der Waals surface area (Å²) < 4.78 is 36.0. The predicted molar refractivity (Wildman–Crippen MR) is 112 cm³/mol. The van der Waals surface area contributed by atoms with Crippen LogP contribution < -0.4 is 19.1 Å². The number of nitrogens with zero attached hydrogens (tertiary/aromatic N) is 1. The maximum absolute atomic E-state index is 12.8. The van der Waals surface area contributed by atoms with Crippen LogP contribution in [-0.4, -0.2) is 41.3 Å². The molecule has 0 aliphatic carbocycles. The topological polar surface area (TPSA) is 84.9 Å². The van der Waals surface area contributed by atoms with Crippen LogP contribution in [0.5, 0.6) is 11.5 Å². The molecule has 0 radical (unpaired) electrons. The number of nitrogens with one attached hydrogen (secondary N) is 1. The van der Waals surface area contributed by atoms with Crippen LogP contribution in [0.3, 0.4) is 0 Å². The Hall–Kier alpha value is -2.74. The van der Waals surface area contributed by atoms with Crippen LogP contribution in [0.4, 0.5) is 5.69 Å². The quantitative estimate of drug-likeness (QED) is 0.780. The molecule has 0 bridgehead atoms. The Balaban J connectivity index is 1.79. The van der Waals surface area contributed by atoms with Crippen molar-refractivity contribution in [1.29, 1.82) is 0 Å². The van der Waals surface area contributed by atoms with E-state index in [1.54, 1.807) is 38.5 Å². The summed E-state index contributed by atoms with van der Waals surface area (Å²) in [5, 5.41) is 2.98. The molecular weight excluding hydrogens is 392 g/mol. The maximum Gasteiger partial charge on any atom is 0.251 e. The van der Waals surface area contributed by atoms with Gasteiger partial charge >= 0.3 is 0 Å². The largest absolute Gasteiger partial charge is 0.493 e. The van der Waals surface area contributed by atoms with E-state index in [0.717, 1.165) is 24.0 Å². The van der Waals surface area contributed by atoms with Crippen LogP contribution in [0.25, 0.3) is 0 Å². The zero-order chi connectivity index (χ0) is 21.2. The molecule has 0 fully saturated rings. The van der Waals surface area contributed by atoms with E-state index in [2.05, 4.69) is 5.32 Å². The van der Waals surface area contributed by atoms with E-state index in [1.165, 1.54) is 10.6 Å². The zero-order valence-corrected chi connectivity index (χ0v) is 17.9. The van der Waals surface area contributed by atoms with Gasteiger partial charge in [0.15, 0.2) is 11.5 Å². The number of hydrogen-bond donors (Lipinski definition) is 1. The Labute approximate surface area is 171 Å². The molecule has 1 N–H and O–H groups in total. The fourth-order valence-corrected chi connectivity index (χ4v) is 4.53. The molecule has 0 spiro atoms. The van der Waals surface area contributed by atoms with Crippen molar-refractivity contribution < 1.29 is 22.7 Å². The van der Waals surface area contributed by atoms with Gasteiger partial charge in [0.2, 0.25) is 10.0 Å². The third-order valence-electron chi connectivity index (χ3n) is 5.07. The SMILES string of the molecule is COc1ccc([C@@H](C)NC(=O)c2ccc3c(c2)CCCN3S(C)(=O)=O)cc1OC. The van der Waals surface area contributed by atoms with Gasteiger partial charge in [0.25, 0.3) is 5.91 Å². The number of methoxy groups -OCH3 is 2. The molecule has 0 aromatic heterocycles. The molecule has 1 atom stereocenters. The van der Waals surface area contributed by atoms with E-state index >= 15 is 0 Å².